The van der Waals surface area contributed by atoms with Gasteiger partial charge >= 0.3 is 0 Å². The Morgan fingerprint density at radius 3 is 2.55 bits per heavy atom. The number of hydrogen-bond donors (Lipinski definition) is 1. The fourth-order valence-electron chi connectivity index (χ4n) is 1.94. The number of aryl methyl sites for hydroxylation is 1. The van der Waals surface area contributed by atoms with Gasteiger partial charge in [0.05, 0.1) is 11.5 Å². The third-order valence-corrected chi connectivity index (χ3v) is 4.95. The van der Waals surface area contributed by atoms with Crippen LogP contribution in [0.1, 0.15) is 19.4 Å². The number of benzene rings is 1. The molecule has 1 rings (SSSR count). The van der Waals surface area contributed by atoms with Gasteiger partial charge in [-0.05, 0) is 30.5 Å². The summed E-state index contributed by atoms with van der Waals surface area (Å²) in [6.07, 6.45) is 0. The molecule has 0 saturated heterocycles. The second-order valence-corrected chi connectivity index (χ2v) is 7.18. The lowest BCUT2D eigenvalue weighted by Crippen LogP contribution is -2.37. The number of nitrogen functional groups attached to an aromatic ring is 1. The number of methoxy groups -OCH3 is 1. The lowest BCUT2D eigenvalue weighted by molar-refractivity contribution is 0.175. The number of anilines is 1. The van der Waals surface area contributed by atoms with Gasteiger partial charge in [-0.15, -0.1) is 0 Å². The molecule has 0 heterocycles. The van der Waals surface area contributed by atoms with Crippen LogP contribution in [0.4, 0.5) is 5.69 Å². The number of sulfonamides is 1. The Labute approximate surface area is 121 Å². The van der Waals surface area contributed by atoms with Crippen molar-refractivity contribution < 1.29 is 13.2 Å². The summed E-state index contributed by atoms with van der Waals surface area (Å²) in [6, 6.07) is 4.95. The van der Waals surface area contributed by atoms with Crippen LogP contribution in [0, 0.1) is 12.8 Å². The number of nitrogens with zero attached hydrogens (tertiary/aromatic N) is 1. The van der Waals surface area contributed by atoms with Crippen LogP contribution >= 0.6 is 0 Å². The number of nitrogens with two attached hydrogens (primary N) is 1. The molecule has 0 saturated carbocycles. The average molecular weight is 300 g/mol. The van der Waals surface area contributed by atoms with Gasteiger partial charge in [-0.25, -0.2) is 8.42 Å². The first-order chi connectivity index (χ1) is 9.28. The summed E-state index contributed by atoms with van der Waals surface area (Å²) < 4.78 is 32.0. The highest BCUT2D eigenvalue weighted by Gasteiger charge is 2.26. The Hall–Kier alpha value is -1.11. The minimum Gasteiger partial charge on any atom is -0.399 e. The van der Waals surface area contributed by atoms with E-state index < -0.39 is 10.0 Å². The molecule has 20 heavy (non-hydrogen) atoms. The lowest BCUT2D eigenvalue weighted by Gasteiger charge is -2.24. The zero-order chi connectivity index (χ0) is 15.3. The van der Waals surface area contributed by atoms with Crippen LogP contribution in [0.2, 0.25) is 0 Å². The van der Waals surface area contributed by atoms with Crippen molar-refractivity contribution in [2.45, 2.75) is 25.7 Å². The van der Waals surface area contributed by atoms with Gasteiger partial charge in [-0.2, -0.15) is 4.31 Å². The quantitative estimate of drug-likeness (QED) is 0.780. The molecule has 0 unspecified atom stereocenters. The minimum atomic E-state index is -3.55. The highest BCUT2D eigenvalue weighted by molar-refractivity contribution is 7.89. The van der Waals surface area contributed by atoms with Crippen molar-refractivity contribution in [1.29, 1.82) is 0 Å². The van der Waals surface area contributed by atoms with Crippen LogP contribution in [-0.2, 0) is 14.8 Å². The first-order valence-electron chi connectivity index (χ1n) is 6.64. The van der Waals surface area contributed by atoms with Gasteiger partial charge in [-0.1, -0.05) is 19.9 Å². The highest BCUT2D eigenvalue weighted by atomic mass is 32.2. The van der Waals surface area contributed by atoms with E-state index in [1.807, 2.05) is 13.8 Å². The molecule has 6 heteroatoms. The Morgan fingerprint density at radius 2 is 2.00 bits per heavy atom. The molecule has 0 aliphatic carbocycles. The van der Waals surface area contributed by atoms with Crippen molar-refractivity contribution >= 4 is 15.7 Å². The van der Waals surface area contributed by atoms with Gasteiger partial charge in [0.2, 0.25) is 10.0 Å². The zero-order valence-electron chi connectivity index (χ0n) is 12.6. The maximum atomic E-state index is 12.8. The first-order valence-corrected chi connectivity index (χ1v) is 8.08. The molecule has 114 valence electrons. The Kier molecular flexibility index (Phi) is 5.98. The van der Waals surface area contributed by atoms with E-state index in [-0.39, 0.29) is 10.8 Å². The van der Waals surface area contributed by atoms with Crippen LogP contribution in [0.25, 0.3) is 0 Å². The topological polar surface area (TPSA) is 72.6 Å². The molecule has 0 aliphatic heterocycles. The summed E-state index contributed by atoms with van der Waals surface area (Å²) in [7, 11) is -1.99. The Morgan fingerprint density at radius 1 is 1.35 bits per heavy atom. The van der Waals surface area contributed by atoms with Crippen molar-refractivity contribution in [3.8, 4) is 0 Å². The summed E-state index contributed by atoms with van der Waals surface area (Å²) in [6.45, 7) is 6.91. The fourth-order valence-corrected chi connectivity index (χ4v) is 3.79. The third-order valence-electron chi connectivity index (χ3n) is 2.94. The smallest absolute Gasteiger partial charge is 0.243 e. The third kappa shape index (κ3) is 4.19. The lowest BCUT2D eigenvalue weighted by atomic mass is 10.2. The molecular formula is C14H24N2O3S. The maximum Gasteiger partial charge on any atom is 0.243 e. The second-order valence-electron chi connectivity index (χ2n) is 5.27. The van der Waals surface area contributed by atoms with Crippen molar-refractivity contribution in [3.63, 3.8) is 0 Å². The van der Waals surface area contributed by atoms with Gasteiger partial charge < -0.3 is 10.5 Å². The first kappa shape index (κ1) is 16.9. The summed E-state index contributed by atoms with van der Waals surface area (Å²) in [5.41, 5.74) is 6.87. The minimum absolute atomic E-state index is 0.239. The Balaban J connectivity index is 3.17. The van der Waals surface area contributed by atoms with E-state index in [0.717, 1.165) is 0 Å². The van der Waals surface area contributed by atoms with Crippen molar-refractivity contribution in [2.75, 3.05) is 32.5 Å². The van der Waals surface area contributed by atoms with Gasteiger partial charge in [-0.3, -0.25) is 0 Å². The van der Waals surface area contributed by atoms with Crippen LogP contribution in [0.5, 0.6) is 0 Å². The monoisotopic (exact) mass is 300 g/mol. The summed E-state index contributed by atoms with van der Waals surface area (Å²) in [4.78, 5) is 0.272. The predicted molar refractivity (Wildman–Crippen MR) is 81.1 cm³/mol. The fraction of sp³-hybridized carbons (Fsp3) is 0.571. The van der Waals surface area contributed by atoms with E-state index in [1.54, 1.807) is 26.2 Å². The standard InChI is InChI=1S/C14H24N2O3S/c1-11(2)10-16(7-8-19-4)20(17,18)14-9-13(15)6-5-12(14)3/h5-6,9,11H,7-8,10,15H2,1-4H3. The summed E-state index contributed by atoms with van der Waals surface area (Å²) >= 11 is 0. The second kappa shape index (κ2) is 7.06. The molecule has 1 aromatic carbocycles. The van der Waals surface area contributed by atoms with Crippen LogP contribution in [-0.4, -0.2) is 39.5 Å². The Bertz CT molecular complexity index is 541. The molecule has 0 atom stereocenters. The zero-order valence-corrected chi connectivity index (χ0v) is 13.4. The van der Waals surface area contributed by atoms with Crippen LogP contribution < -0.4 is 5.73 Å². The molecule has 0 aliphatic rings. The van der Waals surface area contributed by atoms with E-state index in [0.29, 0.717) is 30.9 Å². The van der Waals surface area contributed by atoms with Gasteiger partial charge in [0.25, 0.3) is 0 Å². The molecule has 1 aromatic rings. The van der Waals surface area contributed by atoms with Crippen molar-refractivity contribution in [2.24, 2.45) is 5.92 Å². The van der Waals surface area contributed by atoms with E-state index >= 15 is 0 Å². The van der Waals surface area contributed by atoms with Gasteiger partial charge in [0, 0.05) is 25.9 Å². The molecule has 0 bridgehead atoms. The predicted octanol–water partition coefficient (Wildman–Crippen LogP) is 1.87. The van der Waals surface area contributed by atoms with Gasteiger partial charge in [0.15, 0.2) is 0 Å². The van der Waals surface area contributed by atoms with Crippen LogP contribution in [0.15, 0.2) is 23.1 Å². The molecule has 0 fully saturated rings. The molecular weight excluding hydrogens is 276 g/mol. The van der Waals surface area contributed by atoms with E-state index in [1.165, 1.54) is 10.4 Å². The highest BCUT2D eigenvalue weighted by Crippen LogP contribution is 2.23. The molecule has 0 aromatic heterocycles. The van der Waals surface area contributed by atoms with Gasteiger partial charge in [0.1, 0.15) is 0 Å². The molecule has 0 amide bonds. The van der Waals surface area contributed by atoms with Crippen molar-refractivity contribution in [3.05, 3.63) is 23.8 Å². The van der Waals surface area contributed by atoms with Crippen molar-refractivity contribution in [1.82, 2.24) is 4.31 Å². The number of hydrogen-bond acceptors (Lipinski definition) is 4. The SMILES string of the molecule is COCCN(CC(C)C)S(=O)(=O)c1cc(N)ccc1C. The van der Waals surface area contributed by atoms with E-state index in [2.05, 4.69) is 0 Å². The summed E-state index contributed by atoms with van der Waals surface area (Å²) in [5.74, 6) is 0.239. The largest absolute Gasteiger partial charge is 0.399 e. The number of rotatable bonds is 7. The number of ether oxygens (including phenoxy) is 1. The maximum absolute atomic E-state index is 12.8. The van der Waals surface area contributed by atoms with Crippen LogP contribution in [0.3, 0.4) is 0 Å². The average Bonchev–Trinajstić information content (AvgIpc) is 2.36. The molecule has 2 N–H and O–H groups in total. The molecule has 0 spiro atoms. The van der Waals surface area contributed by atoms with E-state index in [9.17, 15) is 8.42 Å². The van der Waals surface area contributed by atoms with E-state index in [4.69, 9.17) is 10.5 Å². The molecule has 5 nitrogen and oxygen atoms in total. The summed E-state index contributed by atoms with van der Waals surface area (Å²) in [5, 5.41) is 0. The normalized spacial score (nSPS) is 12.3. The molecule has 0 radical (unpaired) electrons.